The first-order valence-corrected chi connectivity index (χ1v) is 5.54. The van der Waals surface area contributed by atoms with Crippen molar-refractivity contribution >= 4 is 26.8 Å². The summed E-state index contributed by atoms with van der Waals surface area (Å²) in [5.41, 5.74) is 2.24. The number of hydrogen-bond acceptors (Lipinski definition) is 2. The Kier molecular flexibility index (Phi) is 2.98. The number of ether oxygens (including phenoxy) is 1. The standard InChI is InChI=1S/C11H13BrN2O/c1-13-6-10-11(12)8-4-3-7(15-2)5-9(8)14-10/h3-5,13-14H,6H2,1-2H3. The molecule has 0 fully saturated rings. The van der Waals surface area contributed by atoms with Crippen LogP contribution in [-0.2, 0) is 6.54 Å². The number of nitrogens with one attached hydrogen (secondary N) is 2. The van der Waals surface area contributed by atoms with Gasteiger partial charge in [-0.3, -0.25) is 0 Å². The van der Waals surface area contributed by atoms with E-state index in [1.54, 1.807) is 7.11 Å². The number of hydrogen-bond donors (Lipinski definition) is 2. The van der Waals surface area contributed by atoms with Gasteiger partial charge in [-0.25, -0.2) is 0 Å². The third-order valence-electron chi connectivity index (χ3n) is 2.37. The number of benzene rings is 1. The summed E-state index contributed by atoms with van der Waals surface area (Å²) in [4.78, 5) is 3.35. The maximum Gasteiger partial charge on any atom is 0.120 e. The smallest absolute Gasteiger partial charge is 0.120 e. The largest absolute Gasteiger partial charge is 0.497 e. The maximum atomic E-state index is 5.18. The van der Waals surface area contributed by atoms with Gasteiger partial charge in [0.2, 0.25) is 0 Å². The van der Waals surface area contributed by atoms with E-state index in [0.29, 0.717) is 0 Å². The molecule has 4 heteroatoms. The monoisotopic (exact) mass is 268 g/mol. The Morgan fingerprint density at radius 1 is 1.47 bits per heavy atom. The lowest BCUT2D eigenvalue weighted by atomic mass is 10.2. The average Bonchev–Trinajstić information content (AvgIpc) is 2.56. The quantitative estimate of drug-likeness (QED) is 0.898. The van der Waals surface area contributed by atoms with Crippen molar-refractivity contribution < 1.29 is 4.74 Å². The molecule has 1 aromatic carbocycles. The number of rotatable bonds is 3. The van der Waals surface area contributed by atoms with E-state index in [9.17, 15) is 0 Å². The summed E-state index contributed by atoms with van der Waals surface area (Å²) in [6.07, 6.45) is 0. The van der Waals surface area contributed by atoms with Gasteiger partial charge in [-0.05, 0) is 35.1 Å². The van der Waals surface area contributed by atoms with E-state index >= 15 is 0 Å². The van der Waals surface area contributed by atoms with E-state index in [1.165, 1.54) is 5.39 Å². The minimum absolute atomic E-state index is 0.817. The molecule has 0 aliphatic carbocycles. The van der Waals surface area contributed by atoms with E-state index in [2.05, 4.69) is 26.2 Å². The van der Waals surface area contributed by atoms with Crippen LogP contribution in [0.3, 0.4) is 0 Å². The van der Waals surface area contributed by atoms with Gasteiger partial charge < -0.3 is 15.0 Å². The first kappa shape index (κ1) is 10.5. The number of H-pyrrole nitrogens is 1. The fraction of sp³-hybridized carbons (Fsp3) is 0.273. The van der Waals surface area contributed by atoms with Crippen molar-refractivity contribution in [3.8, 4) is 5.75 Å². The Hall–Kier alpha value is -1.000. The van der Waals surface area contributed by atoms with Gasteiger partial charge in [0.1, 0.15) is 5.75 Å². The molecular weight excluding hydrogens is 256 g/mol. The summed E-state index contributed by atoms with van der Waals surface area (Å²) in [6.45, 7) is 0.817. The van der Waals surface area contributed by atoms with Crippen molar-refractivity contribution in [3.05, 3.63) is 28.4 Å². The molecule has 2 N–H and O–H groups in total. The highest BCUT2D eigenvalue weighted by atomic mass is 79.9. The van der Waals surface area contributed by atoms with Crippen LogP contribution in [0.5, 0.6) is 5.75 Å². The third-order valence-corrected chi connectivity index (χ3v) is 3.27. The molecule has 0 saturated carbocycles. The number of methoxy groups -OCH3 is 1. The second-order valence-electron chi connectivity index (χ2n) is 3.36. The Morgan fingerprint density at radius 3 is 2.93 bits per heavy atom. The average molecular weight is 269 g/mol. The molecule has 1 heterocycles. The van der Waals surface area contributed by atoms with Gasteiger partial charge in [0.05, 0.1) is 12.6 Å². The van der Waals surface area contributed by atoms with Crippen molar-refractivity contribution in [1.29, 1.82) is 0 Å². The van der Waals surface area contributed by atoms with Gasteiger partial charge in [-0.2, -0.15) is 0 Å². The molecule has 0 saturated heterocycles. The molecular formula is C11H13BrN2O. The SMILES string of the molecule is CNCc1[nH]c2cc(OC)ccc2c1Br. The van der Waals surface area contributed by atoms with Crippen LogP contribution in [0, 0.1) is 0 Å². The zero-order valence-corrected chi connectivity index (χ0v) is 10.3. The predicted octanol–water partition coefficient (Wildman–Crippen LogP) is 2.66. The summed E-state index contributed by atoms with van der Waals surface area (Å²) in [7, 11) is 3.60. The highest BCUT2D eigenvalue weighted by molar-refractivity contribution is 9.10. The Balaban J connectivity index is 2.55. The first-order valence-electron chi connectivity index (χ1n) is 4.75. The fourth-order valence-corrected chi connectivity index (χ4v) is 2.21. The van der Waals surface area contributed by atoms with Gasteiger partial charge in [-0.15, -0.1) is 0 Å². The molecule has 1 aromatic heterocycles. The van der Waals surface area contributed by atoms with Crippen LogP contribution >= 0.6 is 15.9 Å². The second-order valence-corrected chi connectivity index (χ2v) is 4.15. The topological polar surface area (TPSA) is 37.0 Å². The van der Waals surface area contributed by atoms with Gasteiger partial charge in [0.15, 0.2) is 0 Å². The molecule has 2 aromatic rings. The number of aromatic nitrogens is 1. The highest BCUT2D eigenvalue weighted by Crippen LogP contribution is 2.30. The molecule has 0 atom stereocenters. The molecule has 0 radical (unpaired) electrons. The fourth-order valence-electron chi connectivity index (χ4n) is 1.62. The summed E-state index contributed by atoms with van der Waals surface area (Å²) in [5, 5.41) is 4.30. The van der Waals surface area contributed by atoms with Crippen LogP contribution < -0.4 is 10.1 Å². The lowest BCUT2D eigenvalue weighted by Crippen LogP contribution is -2.05. The minimum atomic E-state index is 0.817. The van der Waals surface area contributed by atoms with E-state index < -0.39 is 0 Å². The lowest BCUT2D eigenvalue weighted by molar-refractivity contribution is 0.415. The summed E-state index contributed by atoms with van der Waals surface area (Å²) in [5.74, 6) is 0.868. The van der Waals surface area contributed by atoms with Crippen LogP contribution in [0.25, 0.3) is 10.9 Å². The molecule has 0 bridgehead atoms. The molecule has 0 unspecified atom stereocenters. The van der Waals surface area contributed by atoms with E-state index in [4.69, 9.17) is 4.74 Å². The minimum Gasteiger partial charge on any atom is -0.497 e. The normalized spacial score (nSPS) is 10.9. The zero-order chi connectivity index (χ0) is 10.8. The molecule has 0 aliphatic rings. The number of aromatic amines is 1. The van der Waals surface area contributed by atoms with Crippen LogP contribution in [0.2, 0.25) is 0 Å². The number of halogens is 1. The Bertz CT molecular complexity index is 479. The van der Waals surface area contributed by atoms with E-state index in [1.807, 2.05) is 25.2 Å². The first-order chi connectivity index (χ1) is 7.26. The predicted molar refractivity (Wildman–Crippen MR) is 65.3 cm³/mol. The second kappa shape index (κ2) is 4.24. The van der Waals surface area contributed by atoms with E-state index in [-0.39, 0.29) is 0 Å². The van der Waals surface area contributed by atoms with Crippen LogP contribution in [-0.4, -0.2) is 19.1 Å². The van der Waals surface area contributed by atoms with Crippen LogP contribution in [0.15, 0.2) is 22.7 Å². The summed E-state index contributed by atoms with van der Waals surface area (Å²) >= 11 is 3.59. The van der Waals surface area contributed by atoms with Gasteiger partial charge >= 0.3 is 0 Å². The molecule has 0 amide bonds. The van der Waals surface area contributed by atoms with Crippen molar-refractivity contribution in [2.75, 3.05) is 14.2 Å². The zero-order valence-electron chi connectivity index (χ0n) is 8.73. The maximum absolute atomic E-state index is 5.18. The lowest BCUT2D eigenvalue weighted by Gasteiger charge is -1.98. The Labute approximate surface area is 96.9 Å². The molecule has 80 valence electrons. The van der Waals surface area contributed by atoms with Gasteiger partial charge in [-0.1, -0.05) is 0 Å². The highest BCUT2D eigenvalue weighted by Gasteiger charge is 2.08. The molecule has 15 heavy (non-hydrogen) atoms. The Morgan fingerprint density at radius 2 is 2.27 bits per heavy atom. The summed E-state index contributed by atoms with van der Waals surface area (Å²) < 4.78 is 6.30. The molecule has 0 aliphatic heterocycles. The molecule has 0 spiro atoms. The summed E-state index contributed by atoms with van der Waals surface area (Å²) in [6, 6.07) is 6.01. The third kappa shape index (κ3) is 1.87. The van der Waals surface area contributed by atoms with Crippen molar-refractivity contribution in [2.45, 2.75) is 6.54 Å². The van der Waals surface area contributed by atoms with Crippen LogP contribution in [0.1, 0.15) is 5.69 Å². The van der Waals surface area contributed by atoms with E-state index in [0.717, 1.165) is 28.0 Å². The van der Waals surface area contributed by atoms with Crippen LogP contribution in [0.4, 0.5) is 0 Å². The number of fused-ring (bicyclic) bond motifs is 1. The van der Waals surface area contributed by atoms with Crippen molar-refractivity contribution in [1.82, 2.24) is 10.3 Å². The van der Waals surface area contributed by atoms with Gasteiger partial charge in [0, 0.05) is 28.2 Å². The molecule has 3 nitrogen and oxygen atoms in total. The van der Waals surface area contributed by atoms with Crippen molar-refractivity contribution in [3.63, 3.8) is 0 Å². The van der Waals surface area contributed by atoms with Gasteiger partial charge in [0.25, 0.3) is 0 Å². The molecule has 2 rings (SSSR count). The van der Waals surface area contributed by atoms with Crippen molar-refractivity contribution in [2.24, 2.45) is 0 Å².